The van der Waals surface area contributed by atoms with E-state index in [-0.39, 0.29) is 47.2 Å². The molecule has 1 saturated heterocycles. The lowest BCUT2D eigenvalue weighted by molar-refractivity contribution is -0.377. The zero-order valence-electron chi connectivity index (χ0n) is 21.6. The normalized spacial score (nSPS) is 18.1. The molecule has 1 aromatic carbocycles. The van der Waals surface area contributed by atoms with E-state index in [2.05, 4.69) is 19.9 Å². The number of pyridine rings is 1. The third-order valence-electron chi connectivity index (χ3n) is 6.70. The van der Waals surface area contributed by atoms with Crippen molar-refractivity contribution in [2.45, 2.75) is 44.1 Å². The number of nitrogens with zero attached hydrogens (tertiary/aromatic N) is 5. The Morgan fingerprint density at radius 3 is 2.49 bits per heavy atom. The Morgan fingerprint density at radius 1 is 1.07 bits per heavy atom. The van der Waals surface area contributed by atoms with Gasteiger partial charge in [-0.3, -0.25) is 4.79 Å². The zero-order chi connectivity index (χ0) is 29.7. The first-order chi connectivity index (χ1) is 19.3. The molecule has 216 valence electrons. The Labute approximate surface area is 228 Å². The molecule has 1 aliphatic heterocycles. The van der Waals surface area contributed by atoms with Crippen LogP contribution in [0.1, 0.15) is 47.5 Å². The van der Waals surface area contributed by atoms with Gasteiger partial charge in [-0.1, -0.05) is 0 Å². The Morgan fingerprint density at radius 2 is 1.83 bits per heavy atom. The van der Waals surface area contributed by atoms with Crippen LogP contribution in [0.3, 0.4) is 0 Å². The second-order valence-corrected chi connectivity index (χ2v) is 9.46. The van der Waals surface area contributed by atoms with Gasteiger partial charge in [0, 0.05) is 30.4 Å². The molecule has 1 aliphatic rings. The van der Waals surface area contributed by atoms with Crippen LogP contribution in [0.2, 0.25) is 0 Å². The Balaban J connectivity index is 1.60. The predicted molar refractivity (Wildman–Crippen MR) is 133 cm³/mol. The molecular weight excluding hydrogens is 554 g/mol. The molecule has 0 saturated carbocycles. The summed E-state index contributed by atoms with van der Waals surface area (Å²) < 4.78 is 66.1. The van der Waals surface area contributed by atoms with Crippen LogP contribution in [0.25, 0.3) is 22.4 Å². The minimum Gasteiger partial charge on any atom is -0.480 e. The molecule has 0 bridgehead atoms. The van der Waals surface area contributed by atoms with Crippen molar-refractivity contribution in [1.82, 2.24) is 24.5 Å². The average molecular weight is 577 g/mol. The lowest BCUT2D eigenvalue weighted by atomic mass is 9.91. The molecule has 4 heterocycles. The van der Waals surface area contributed by atoms with Gasteiger partial charge in [0.05, 0.1) is 18.8 Å². The van der Waals surface area contributed by atoms with Crippen molar-refractivity contribution in [2.75, 3.05) is 13.7 Å². The highest BCUT2D eigenvalue weighted by atomic mass is 19.4. The highest BCUT2D eigenvalue weighted by Gasteiger charge is 2.33. The summed E-state index contributed by atoms with van der Waals surface area (Å²) in [6, 6.07) is 4.53. The van der Waals surface area contributed by atoms with Crippen molar-refractivity contribution in [3.63, 3.8) is 0 Å². The molecule has 3 N–H and O–H groups in total. The summed E-state index contributed by atoms with van der Waals surface area (Å²) >= 11 is 0. The van der Waals surface area contributed by atoms with Gasteiger partial charge in [-0.2, -0.15) is 13.2 Å². The van der Waals surface area contributed by atoms with Gasteiger partial charge in [0.1, 0.15) is 28.5 Å². The van der Waals surface area contributed by atoms with Crippen LogP contribution in [0, 0.1) is 12.7 Å². The van der Waals surface area contributed by atoms with Crippen molar-refractivity contribution in [3.05, 3.63) is 75.3 Å². The van der Waals surface area contributed by atoms with E-state index >= 15 is 4.39 Å². The number of ether oxygens (including phenoxy) is 2. The molecule has 3 aromatic heterocycles. The van der Waals surface area contributed by atoms with E-state index in [9.17, 15) is 33.3 Å². The fraction of sp³-hybridized carbons (Fsp3) is 0.346. The van der Waals surface area contributed by atoms with Gasteiger partial charge in [-0.25, -0.2) is 28.9 Å². The molecule has 1 fully saturated rings. The van der Waals surface area contributed by atoms with Crippen LogP contribution in [-0.2, 0) is 17.0 Å². The Kier molecular flexibility index (Phi) is 7.23. The van der Waals surface area contributed by atoms with Crippen LogP contribution in [0.4, 0.5) is 17.6 Å². The monoisotopic (exact) mass is 577 g/mol. The van der Waals surface area contributed by atoms with E-state index in [0.29, 0.717) is 28.3 Å². The van der Waals surface area contributed by atoms with Crippen molar-refractivity contribution in [1.29, 1.82) is 0 Å². The largest absolute Gasteiger partial charge is 0.480 e. The van der Waals surface area contributed by atoms with E-state index in [1.165, 1.54) is 13.2 Å². The van der Waals surface area contributed by atoms with E-state index in [0.717, 1.165) is 24.4 Å². The maximum absolute atomic E-state index is 15.1. The topological polar surface area (TPSA) is 153 Å². The summed E-state index contributed by atoms with van der Waals surface area (Å²) in [7, 11) is 1.36. The molecule has 2 unspecified atom stereocenters. The van der Waals surface area contributed by atoms with E-state index in [1.807, 2.05) is 0 Å². The second-order valence-electron chi connectivity index (χ2n) is 9.46. The lowest BCUT2D eigenvalue weighted by Crippen LogP contribution is -2.40. The van der Waals surface area contributed by atoms with Gasteiger partial charge in [-0.05, 0) is 49.6 Å². The number of aryl methyl sites for hydroxylation is 1. The number of alkyl halides is 3. The van der Waals surface area contributed by atoms with Crippen molar-refractivity contribution in [2.24, 2.45) is 0 Å². The summed E-state index contributed by atoms with van der Waals surface area (Å²) in [4.78, 5) is 29.8. The molecule has 41 heavy (non-hydrogen) atoms. The van der Waals surface area contributed by atoms with Crippen molar-refractivity contribution >= 4 is 11.2 Å². The molecule has 0 amide bonds. The molecule has 5 rings (SSSR count). The van der Waals surface area contributed by atoms with E-state index in [4.69, 9.17) is 9.47 Å². The first kappa shape index (κ1) is 28.5. The minimum atomic E-state index is -4.75. The molecule has 15 heteroatoms. The number of halogens is 4. The van der Waals surface area contributed by atoms with Gasteiger partial charge >= 0.3 is 12.3 Å². The maximum atomic E-state index is 15.1. The fourth-order valence-corrected chi connectivity index (χ4v) is 4.67. The maximum Gasteiger partial charge on any atom is 0.416 e. The van der Waals surface area contributed by atoms with Gasteiger partial charge in [0.2, 0.25) is 5.88 Å². The highest BCUT2D eigenvalue weighted by Crippen LogP contribution is 2.39. The van der Waals surface area contributed by atoms with Crippen LogP contribution >= 0.6 is 0 Å². The smallest absolute Gasteiger partial charge is 0.416 e. The lowest BCUT2D eigenvalue weighted by Gasteiger charge is -2.30. The number of aliphatic hydroxyl groups is 3. The molecule has 0 radical (unpaired) electrons. The Bertz CT molecular complexity index is 1690. The summed E-state index contributed by atoms with van der Waals surface area (Å²) in [5, 5.41) is 28.5. The van der Waals surface area contributed by atoms with Crippen LogP contribution in [0.15, 0.2) is 41.3 Å². The van der Waals surface area contributed by atoms with E-state index in [1.54, 1.807) is 6.92 Å². The molecular formula is C26H23F4N5O6. The first-order valence-corrected chi connectivity index (χ1v) is 12.3. The summed E-state index contributed by atoms with van der Waals surface area (Å²) in [5.41, 5.74) is -1.55. The number of hydrogen-bond acceptors (Lipinski definition) is 10. The standard InChI is InChI=1S/C26H23F4N5O6/c1-12-24(40-2)33-21-20(16-5-4-15(10-17(16)27)25(28,29)30)32-22(34-23(21)31-12)13-7-8-41-18(9-13)14-3-6-19(36)35(11-14)26(37,38)39/h3-6,10-11,13,18,37-39H,7-9H2,1-2H3. The zero-order valence-corrected chi connectivity index (χ0v) is 21.6. The van der Waals surface area contributed by atoms with E-state index < -0.39 is 41.2 Å². The van der Waals surface area contributed by atoms with Gasteiger partial charge in [0.25, 0.3) is 5.56 Å². The van der Waals surface area contributed by atoms with Gasteiger partial charge < -0.3 is 24.8 Å². The number of fused-ring (bicyclic) bond motifs is 1. The van der Waals surface area contributed by atoms with Crippen LogP contribution in [0.5, 0.6) is 5.88 Å². The number of methoxy groups -OCH3 is 1. The van der Waals surface area contributed by atoms with Gasteiger partial charge in [-0.15, -0.1) is 0 Å². The number of hydrogen-bond donors (Lipinski definition) is 3. The second kappa shape index (κ2) is 10.4. The number of rotatable bonds is 5. The minimum absolute atomic E-state index is 0.0238. The summed E-state index contributed by atoms with van der Waals surface area (Å²) in [5.74, 6) is -1.29. The summed E-state index contributed by atoms with van der Waals surface area (Å²) in [6.07, 6.45) is -7.21. The van der Waals surface area contributed by atoms with Crippen LogP contribution < -0.4 is 10.3 Å². The average Bonchev–Trinajstić information content (AvgIpc) is 2.91. The first-order valence-electron chi connectivity index (χ1n) is 12.3. The van der Waals surface area contributed by atoms with Crippen molar-refractivity contribution in [3.8, 4) is 17.1 Å². The highest BCUT2D eigenvalue weighted by molar-refractivity contribution is 5.87. The Hall–Kier alpha value is -4.05. The predicted octanol–water partition coefficient (Wildman–Crippen LogP) is 2.90. The quantitative estimate of drug-likeness (QED) is 0.238. The molecule has 11 nitrogen and oxygen atoms in total. The molecule has 0 aliphatic carbocycles. The summed E-state index contributed by atoms with van der Waals surface area (Å²) in [6.45, 7) is 1.81. The SMILES string of the molecule is COc1nc2c(-c3ccc(C(F)(F)F)cc3F)nc(C3CCOC(c4ccc(=O)n(C(O)(O)O)c4)C3)nc2nc1C. The van der Waals surface area contributed by atoms with Crippen LogP contribution in [-0.4, -0.2) is 53.5 Å². The number of aromatic nitrogens is 5. The molecule has 2 atom stereocenters. The third-order valence-corrected chi connectivity index (χ3v) is 6.70. The molecule has 4 aromatic rings. The fourth-order valence-electron chi connectivity index (χ4n) is 4.67. The molecule has 0 spiro atoms. The van der Waals surface area contributed by atoms with Gasteiger partial charge in [0.15, 0.2) is 5.65 Å². The third kappa shape index (κ3) is 5.61. The van der Waals surface area contributed by atoms with Crippen molar-refractivity contribution < 1.29 is 42.4 Å². The number of benzene rings is 1.